The van der Waals surface area contributed by atoms with E-state index in [1.54, 1.807) is 6.07 Å². The zero-order valence-electron chi connectivity index (χ0n) is 11.5. The Morgan fingerprint density at radius 2 is 2.32 bits per heavy atom. The van der Waals surface area contributed by atoms with Crippen LogP contribution in [0.25, 0.3) is 0 Å². The van der Waals surface area contributed by atoms with Crippen LogP contribution in [0.1, 0.15) is 28.4 Å². The van der Waals surface area contributed by atoms with Crippen molar-refractivity contribution in [2.45, 2.75) is 36.7 Å². The van der Waals surface area contributed by atoms with Crippen molar-refractivity contribution < 1.29 is 13.6 Å². The number of aryl methyl sites for hydroxylation is 1. The number of carbonyl (C=O) groups is 1. The highest BCUT2D eigenvalue weighted by molar-refractivity contribution is 7.99. The lowest BCUT2D eigenvalue weighted by Gasteiger charge is -2.08. The molecule has 1 aliphatic heterocycles. The van der Waals surface area contributed by atoms with Gasteiger partial charge in [0.05, 0.1) is 12.1 Å². The summed E-state index contributed by atoms with van der Waals surface area (Å²) in [6.07, 6.45) is 3.29. The number of fused-ring (bicyclic) bond motifs is 1. The van der Waals surface area contributed by atoms with Crippen LogP contribution in [-0.4, -0.2) is 31.4 Å². The van der Waals surface area contributed by atoms with E-state index in [1.165, 1.54) is 12.3 Å². The van der Waals surface area contributed by atoms with Gasteiger partial charge in [-0.25, -0.2) is 4.98 Å². The Hall–Kier alpha value is -2.03. The maximum Gasteiger partial charge on any atom is 0.290 e. The standard InChI is InChI=1S/C13H13F2N5OS/c14-13(15)22-12-8(3-1-5-16-12)11(21)17-7-10-19-18-9-4-2-6-20(9)10/h1,3,5,13H,2,4,6-7H2,(H,17,21). The minimum Gasteiger partial charge on any atom is -0.345 e. The van der Waals surface area contributed by atoms with Crippen LogP contribution in [0.2, 0.25) is 0 Å². The van der Waals surface area contributed by atoms with Crippen molar-refractivity contribution >= 4 is 17.7 Å². The summed E-state index contributed by atoms with van der Waals surface area (Å²) in [5.41, 5.74) is 0.133. The second-order valence-electron chi connectivity index (χ2n) is 4.70. The first-order chi connectivity index (χ1) is 10.6. The summed E-state index contributed by atoms with van der Waals surface area (Å²) in [7, 11) is 0. The number of carbonyl (C=O) groups excluding carboxylic acids is 1. The molecular formula is C13H13F2N5OS. The molecule has 0 aromatic carbocycles. The number of pyridine rings is 1. The van der Waals surface area contributed by atoms with E-state index in [0.29, 0.717) is 5.82 Å². The Balaban J connectivity index is 1.69. The van der Waals surface area contributed by atoms with Gasteiger partial charge in [0, 0.05) is 19.2 Å². The Labute approximate surface area is 129 Å². The van der Waals surface area contributed by atoms with E-state index in [1.807, 2.05) is 4.57 Å². The monoisotopic (exact) mass is 325 g/mol. The molecule has 3 heterocycles. The molecule has 0 atom stereocenters. The van der Waals surface area contributed by atoms with Crippen LogP contribution < -0.4 is 5.32 Å². The fraction of sp³-hybridized carbons (Fsp3) is 0.385. The molecule has 0 aliphatic carbocycles. The van der Waals surface area contributed by atoms with Crippen LogP contribution in [0.4, 0.5) is 8.78 Å². The first-order valence-corrected chi connectivity index (χ1v) is 7.62. The van der Waals surface area contributed by atoms with Crippen molar-refractivity contribution in [2.75, 3.05) is 0 Å². The third kappa shape index (κ3) is 3.08. The van der Waals surface area contributed by atoms with Crippen molar-refractivity contribution in [1.82, 2.24) is 25.1 Å². The first kappa shape index (κ1) is 14.9. The smallest absolute Gasteiger partial charge is 0.290 e. The predicted octanol–water partition coefficient (Wildman–Crippen LogP) is 1.86. The predicted molar refractivity (Wildman–Crippen MR) is 75.6 cm³/mol. The molecule has 2 aromatic rings. The van der Waals surface area contributed by atoms with E-state index in [0.717, 1.165) is 25.2 Å². The number of alkyl halides is 2. The molecule has 3 rings (SSSR count). The summed E-state index contributed by atoms with van der Waals surface area (Å²) < 4.78 is 27.0. The second kappa shape index (κ2) is 6.39. The van der Waals surface area contributed by atoms with Gasteiger partial charge in [-0.3, -0.25) is 4.79 Å². The molecule has 0 saturated carbocycles. The Morgan fingerprint density at radius 1 is 1.45 bits per heavy atom. The molecular weight excluding hydrogens is 312 g/mol. The average Bonchev–Trinajstić information content (AvgIpc) is 3.08. The van der Waals surface area contributed by atoms with E-state index in [9.17, 15) is 13.6 Å². The summed E-state index contributed by atoms with van der Waals surface area (Å²) in [4.78, 5) is 16.0. The lowest BCUT2D eigenvalue weighted by atomic mass is 10.2. The number of amides is 1. The molecule has 1 amide bonds. The van der Waals surface area contributed by atoms with Gasteiger partial charge in [-0.05, 0) is 30.3 Å². The number of halogens is 2. The van der Waals surface area contributed by atoms with Gasteiger partial charge in [0.1, 0.15) is 10.9 Å². The third-order valence-electron chi connectivity index (χ3n) is 3.31. The normalized spacial score (nSPS) is 13.4. The zero-order valence-corrected chi connectivity index (χ0v) is 12.3. The van der Waals surface area contributed by atoms with E-state index in [2.05, 4.69) is 20.5 Å². The zero-order chi connectivity index (χ0) is 15.5. The molecule has 0 fully saturated rings. The van der Waals surface area contributed by atoms with E-state index >= 15 is 0 Å². The molecule has 9 heteroatoms. The van der Waals surface area contributed by atoms with Crippen LogP contribution in [0.15, 0.2) is 23.4 Å². The van der Waals surface area contributed by atoms with Crippen LogP contribution in [0.3, 0.4) is 0 Å². The summed E-state index contributed by atoms with van der Waals surface area (Å²) in [5.74, 6) is -1.49. The highest BCUT2D eigenvalue weighted by Gasteiger charge is 2.19. The summed E-state index contributed by atoms with van der Waals surface area (Å²) in [5, 5.41) is 10.8. The van der Waals surface area contributed by atoms with Gasteiger partial charge in [-0.1, -0.05) is 0 Å². The molecule has 0 saturated heterocycles. The van der Waals surface area contributed by atoms with Gasteiger partial charge in [0.2, 0.25) is 0 Å². The highest BCUT2D eigenvalue weighted by atomic mass is 32.2. The minimum absolute atomic E-state index is 0.0153. The number of hydrogen-bond donors (Lipinski definition) is 1. The number of nitrogens with one attached hydrogen (secondary N) is 1. The molecule has 1 N–H and O–H groups in total. The van der Waals surface area contributed by atoms with Crippen LogP contribution in [-0.2, 0) is 19.5 Å². The summed E-state index contributed by atoms with van der Waals surface area (Å²) in [6.45, 7) is 1.05. The van der Waals surface area contributed by atoms with Crippen LogP contribution in [0, 0.1) is 0 Å². The quantitative estimate of drug-likeness (QED) is 0.850. The van der Waals surface area contributed by atoms with Crippen molar-refractivity contribution in [3.8, 4) is 0 Å². The lowest BCUT2D eigenvalue weighted by Crippen LogP contribution is -2.25. The minimum atomic E-state index is -2.62. The number of hydrogen-bond acceptors (Lipinski definition) is 5. The maximum atomic E-state index is 12.5. The third-order valence-corrected chi connectivity index (χ3v) is 4.04. The molecule has 0 bridgehead atoms. The molecule has 0 radical (unpaired) electrons. The molecule has 116 valence electrons. The van der Waals surface area contributed by atoms with Crippen molar-refractivity contribution in [2.24, 2.45) is 0 Å². The molecule has 1 aliphatic rings. The number of nitrogens with zero attached hydrogens (tertiary/aromatic N) is 4. The molecule has 0 unspecified atom stereocenters. The van der Waals surface area contributed by atoms with E-state index < -0.39 is 11.7 Å². The highest BCUT2D eigenvalue weighted by Crippen LogP contribution is 2.26. The van der Waals surface area contributed by atoms with Gasteiger partial charge in [-0.2, -0.15) is 8.78 Å². The van der Waals surface area contributed by atoms with Crippen molar-refractivity contribution in [3.63, 3.8) is 0 Å². The topological polar surface area (TPSA) is 72.7 Å². The van der Waals surface area contributed by atoms with Crippen LogP contribution >= 0.6 is 11.8 Å². The summed E-state index contributed by atoms with van der Waals surface area (Å²) in [6, 6.07) is 3.01. The van der Waals surface area contributed by atoms with Gasteiger partial charge >= 0.3 is 0 Å². The molecule has 6 nitrogen and oxygen atoms in total. The fourth-order valence-corrected chi connectivity index (χ4v) is 2.92. The average molecular weight is 325 g/mol. The summed E-state index contributed by atoms with van der Waals surface area (Å²) >= 11 is 0.258. The Morgan fingerprint density at radius 3 is 3.14 bits per heavy atom. The van der Waals surface area contributed by atoms with Gasteiger partial charge in [0.15, 0.2) is 5.82 Å². The Bertz CT molecular complexity index is 691. The van der Waals surface area contributed by atoms with Crippen molar-refractivity contribution in [3.05, 3.63) is 35.5 Å². The maximum absolute atomic E-state index is 12.5. The van der Waals surface area contributed by atoms with E-state index in [4.69, 9.17) is 0 Å². The Kier molecular flexibility index (Phi) is 4.32. The van der Waals surface area contributed by atoms with Gasteiger partial charge in [0.25, 0.3) is 11.7 Å². The number of thioether (sulfide) groups is 1. The van der Waals surface area contributed by atoms with Gasteiger partial charge < -0.3 is 9.88 Å². The fourth-order valence-electron chi connectivity index (χ4n) is 2.34. The van der Waals surface area contributed by atoms with Crippen LogP contribution in [0.5, 0.6) is 0 Å². The molecule has 22 heavy (non-hydrogen) atoms. The second-order valence-corrected chi connectivity index (χ2v) is 5.68. The first-order valence-electron chi connectivity index (χ1n) is 6.74. The number of rotatable bonds is 5. The van der Waals surface area contributed by atoms with Gasteiger partial charge in [-0.15, -0.1) is 10.2 Å². The van der Waals surface area contributed by atoms with Crippen molar-refractivity contribution in [1.29, 1.82) is 0 Å². The molecule has 0 spiro atoms. The SMILES string of the molecule is O=C(NCc1nnc2n1CCC2)c1cccnc1SC(F)F. The molecule has 2 aromatic heterocycles. The number of aromatic nitrogens is 4. The van der Waals surface area contributed by atoms with E-state index in [-0.39, 0.29) is 28.9 Å². The largest absolute Gasteiger partial charge is 0.345 e. The lowest BCUT2D eigenvalue weighted by molar-refractivity contribution is 0.0945.